The molecule has 2 N–H and O–H groups in total. The van der Waals surface area contributed by atoms with E-state index in [1.165, 1.54) is 11.3 Å². The van der Waals surface area contributed by atoms with E-state index in [1.54, 1.807) is 7.11 Å². The summed E-state index contributed by atoms with van der Waals surface area (Å²) in [6.07, 6.45) is 0.393. The number of methoxy groups -OCH3 is 1. The average molecular weight is 306 g/mol. The molecule has 0 saturated heterocycles. The third kappa shape index (κ3) is 5.22. The maximum atomic E-state index is 11.7. The van der Waals surface area contributed by atoms with Crippen LogP contribution in [0.5, 0.6) is 0 Å². The van der Waals surface area contributed by atoms with Gasteiger partial charge in [0.25, 0.3) is 0 Å². The van der Waals surface area contributed by atoms with Crippen molar-refractivity contribution in [1.82, 2.24) is 15.5 Å². The highest BCUT2D eigenvalue weighted by atomic mass is 32.1. The minimum absolute atomic E-state index is 0.0734. The second-order valence-electron chi connectivity index (χ2n) is 4.32. The molecule has 0 aliphatic heterocycles. The topological polar surface area (TPSA) is 76.1 Å². The molecular formula is C14H18N4O2S. The van der Waals surface area contributed by atoms with Crippen LogP contribution in [0, 0.1) is 0 Å². The van der Waals surface area contributed by atoms with Crippen LogP contribution in [0.4, 0.5) is 5.13 Å². The van der Waals surface area contributed by atoms with Gasteiger partial charge in [0, 0.05) is 32.2 Å². The number of rotatable bonds is 8. The van der Waals surface area contributed by atoms with Crippen molar-refractivity contribution in [3.63, 3.8) is 0 Å². The normalized spacial score (nSPS) is 10.5. The lowest BCUT2D eigenvalue weighted by molar-refractivity contribution is -0.116. The maximum absolute atomic E-state index is 11.7. The zero-order valence-electron chi connectivity index (χ0n) is 11.8. The second-order valence-corrected chi connectivity index (χ2v) is 5.30. The fourth-order valence-electron chi connectivity index (χ4n) is 1.65. The fraction of sp³-hybridized carbons (Fsp3) is 0.357. The van der Waals surface area contributed by atoms with E-state index in [-0.39, 0.29) is 5.91 Å². The third-order valence-corrected chi connectivity index (χ3v) is 3.59. The Balaban J connectivity index is 1.78. The van der Waals surface area contributed by atoms with Crippen molar-refractivity contribution < 1.29 is 9.53 Å². The van der Waals surface area contributed by atoms with Gasteiger partial charge in [-0.05, 0) is 0 Å². The van der Waals surface area contributed by atoms with Gasteiger partial charge in [-0.25, -0.2) is 0 Å². The fourth-order valence-corrected chi connectivity index (χ4v) is 2.42. The molecule has 6 nitrogen and oxygen atoms in total. The Morgan fingerprint density at radius 2 is 2.05 bits per heavy atom. The summed E-state index contributed by atoms with van der Waals surface area (Å²) in [6.45, 7) is 1.98. The number of nitrogens with zero attached hydrogens (tertiary/aromatic N) is 2. The number of hydrogen-bond donors (Lipinski definition) is 2. The van der Waals surface area contributed by atoms with E-state index in [1.807, 2.05) is 30.3 Å². The number of amides is 1. The Morgan fingerprint density at radius 3 is 2.81 bits per heavy atom. The Kier molecular flexibility index (Phi) is 6.26. The first-order chi connectivity index (χ1) is 10.3. The predicted octanol–water partition coefficient (Wildman–Crippen LogP) is 1.77. The highest BCUT2D eigenvalue weighted by Crippen LogP contribution is 2.25. The largest absolute Gasteiger partial charge is 0.383 e. The number of anilines is 1. The zero-order valence-corrected chi connectivity index (χ0v) is 12.7. The van der Waals surface area contributed by atoms with Gasteiger partial charge >= 0.3 is 0 Å². The molecule has 0 saturated carbocycles. The quantitative estimate of drug-likeness (QED) is 0.727. The minimum atomic E-state index is -0.0734. The first-order valence-corrected chi connectivity index (χ1v) is 7.49. The van der Waals surface area contributed by atoms with Gasteiger partial charge in [-0.15, -0.1) is 10.2 Å². The van der Waals surface area contributed by atoms with Crippen LogP contribution in [-0.4, -0.2) is 42.9 Å². The van der Waals surface area contributed by atoms with E-state index in [4.69, 9.17) is 4.74 Å². The lowest BCUT2D eigenvalue weighted by Crippen LogP contribution is -2.24. The van der Waals surface area contributed by atoms with E-state index >= 15 is 0 Å². The number of hydrogen-bond acceptors (Lipinski definition) is 6. The van der Waals surface area contributed by atoms with Crippen molar-refractivity contribution in [2.75, 3.05) is 32.1 Å². The van der Waals surface area contributed by atoms with Crippen LogP contribution < -0.4 is 10.6 Å². The van der Waals surface area contributed by atoms with Crippen LogP contribution in [-0.2, 0) is 9.53 Å². The van der Waals surface area contributed by atoms with Crippen LogP contribution in [0.1, 0.15) is 6.42 Å². The molecule has 1 heterocycles. The average Bonchev–Trinajstić information content (AvgIpc) is 2.96. The summed E-state index contributed by atoms with van der Waals surface area (Å²) in [5.41, 5.74) is 0.997. The molecule has 2 rings (SSSR count). The zero-order chi connectivity index (χ0) is 14.9. The number of ether oxygens (including phenoxy) is 1. The van der Waals surface area contributed by atoms with E-state index in [0.29, 0.717) is 24.7 Å². The Hall–Kier alpha value is -1.83. The number of benzene rings is 1. The minimum Gasteiger partial charge on any atom is -0.383 e. The van der Waals surface area contributed by atoms with Gasteiger partial charge in [-0.3, -0.25) is 4.79 Å². The summed E-state index contributed by atoms with van der Waals surface area (Å²) in [5.74, 6) is -0.0734. The van der Waals surface area contributed by atoms with Crippen molar-refractivity contribution in [2.45, 2.75) is 6.42 Å². The van der Waals surface area contributed by atoms with Crippen molar-refractivity contribution in [1.29, 1.82) is 0 Å². The van der Waals surface area contributed by atoms with Gasteiger partial charge < -0.3 is 15.4 Å². The van der Waals surface area contributed by atoms with E-state index < -0.39 is 0 Å². The number of carbonyl (C=O) groups excluding carboxylic acids is 1. The summed E-state index contributed by atoms with van der Waals surface area (Å²) < 4.78 is 4.91. The molecule has 7 heteroatoms. The molecule has 21 heavy (non-hydrogen) atoms. The van der Waals surface area contributed by atoms with E-state index in [9.17, 15) is 4.79 Å². The third-order valence-electron chi connectivity index (χ3n) is 2.70. The van der Waals surface area contributed by atoms with Gasteiger partial charge in [0.1, 0.15) is 5.01 Å². The second kappa shape index (κ2) is 8.46. The van der Waals surface area contributed by atoms with Gasteiger partial charge in [0.15, 0.2) is 0 Å². The van der Waals surface area contributed by atoms with E-state index in [0.717, 1.165) is 17.1 Å². The molecule has 0 radical (unpaired) electrons. The Bertz CT molecular complexity index is 559. The molecule has 0 spiro atoms. The molecule has 0 aliphatic rings. The summed E-state index contributed by atoms with van der Waals surface area (Å²) in [5, 5.41) is 15.3. The standard InChI is InChI=1S/C14H18N4O2S/c1-20-10-9-15-8-7-12(19)16-14-18-17-13(21-14)11-5-3-2-4-6-11/h2-6,15H,7-10H2,1H3,(H,16,18,19). The molecule has 0 fully saturated rings. The van der Waals surface area contributed by atoms with Crippen molar-refractivity contribution in [2.24, 2.45) is 0 Å². The van der Waals surface area contributed by atoms with Gasteiger partial charge in [-0.2, -0.15) is 0 Å². The summed E-state index contributed by atoms with van der Waals surface area (Å²) in [4.78, 5) is 11.7. The first-order valence-electron chi connectivity index (χ1n) is 6.68. The van der Waals surface area contributed by atoms with Crippen LogP contribution in [0.2, 0.25) is 0 Å². The number of nitrogens with one attached hydrogen (secondary N) is 2. The van der Waals surface area contributed by atoms with Crippen LogP contribution in [0.3, 0.4) is 0 Å². The molecule has 0 unspecified atom stereocenters. The SMILES string of the molecule is COCCNCCC(=O)Nc1nnc(-c2ccccc2)s1. The highest BCUT2D eigenvalue weighted by molar-refractivity contribution is 7.18. The first kappa shape index (κ1) is 15.6. The molecule has 2 aromatic rings. The van der Waals surface area contributed by atoms with Gasteiger partial charge in [-0.1, -0.05) is 41.7 Å². The summed E-state index contributed by atoms with van der Waals surface area (Å²) >= 11 is 1.37. The maximum Gasteiger partial charge on any atom is 0.227 e. The summed E-state index contributed by atoms with van der Waals surface area (Å²) in [6, 6.07) is 9.77. The molecule has 1 amide bonds. The monoisotopic (exact) mass is 306 g/mol. The molecule has 1 aromatic carbocycles. The summed E-state index contributed by atoms with van der Waals surface area (Å²) in [7, 11) is 1.65. The van der Waals surface area contributed by atoms with Crippen LogP contribution in [0.25, 0.3) is 10.6 Å². The lowest BCUT2D eigenvalue weighted by Gasteiger charge is -2.03. The van der Waals surface area contributed by atoms with Crippen molar-refractivity contribution in [3.8, 4) is 10.6 Å². The van der Waals surface area contributed by atoms with Gasteiger partial charge in [0.05, 0.1) is 6.61 Å². The Morgan fingerprint density at radius 1 is 1.24 bits per heavy atom. The smallest absolute Gasteiger partial charge is 0.227 e. The van der Waals surface area contributed by atoms with Crippen molar-refractivity contribution >= 4 is 22.4 Å². The Labute approximate surface area is 127 Å². The van der Waals surface area contributed by atoms with Crippen LogP contribution >= 0.6 is 11.3 Å². The van der Waals surface area contributed by atoms with Crippen molar-refractivity contribution in [3.05, 3.63) is 30.3 Å². The van der Waals surface area contributed by atoms with Crippen LogP contribution in [0.15, 0.2) is 30.3 Å². The number of carbonyl (C=O) groups is 1. The van der Waals surface area contributed by atoms with Gasteiger partial charge in [0.2, 0.25) is 11.0 Å². The molecule has 0 aliphatic carbocycles. The lowest BCUT2D eigenvalue weighted by atomic mass is 10.2. The molecular weight excluding hydrogens is 288 g/mol. The number of aromatic nitrogens is 2. The molecule has 0 atom stereocenters. The van der Waals surface area contributed by atoms with E-state index in [2.05, 4.69) is 20.8 Å². The highest BCUT2D eigenvalue weighted by Gasteiger charge is 2.09. The molecule has 0 bridgehead atoms. The molecule has 1 aromatic heterocycles. The molecule has 112 valence electrons. The predicted molar refractivity (Wildman–Crippen MR) is 83.3 cm³/mol.